The molecular formula is C14H19N. The molecule has 0 unspecified atom stereocenters. The van der Waals surface area contributed by atoms with E-state index in [4.69, 9.17) is 0 Å². The van der Waals surface area contributed by atoms with E-state index < -0.39 is 0 Å². The van der Waals surface area contributed by atoms with Crippen molar-refractivity contribution in [2.75, 3.05) is 13.1 Å². The van der Waals surface area contributed by atoms with Gasteiger partial charge in [0.05, 0.1) is 0 Å². The summed E-state index contributed by atoms with van der Waals surface area (Å²) >= 11 is 0. The molecule has 1 aromatic rings. The van der Waals surface area contributed by atoms with Gasteiger partial charge >= 0.3 is 0 Å². The zero-order valence-electron chi connectivity index (χ0n) is 9.37. The Morgan fingerprint density at radius 1 is 1.27 bits per heavy atom. The Morgan fingerprint density at radius 3 is 2.80 bits per heavy atom. The zero-order valence-corrected chi connectivity index (χ0v) is 9.37. The van der Waals surface area contributed by atoms with Gasteiger partial charge in [0.1, 0.15) is 0 Å². The van der Waals surface area contributed by atoms with Crippen molar-refractivity contribution in [1.29, 1.82) is 0 Å². The molecule has 1 aliphatic heterocycles. The van der Waals surface area contributed by atoms with Crippen LogP contribution in [-0.2, 0) is 0 Å². The minimum Gasteiger partial charge on any atom is -0.317 e. The zero-order chi connectivity index (χ0) is 10.5. The molecule has 1 aliphatic rings. The van der Waals surface area contributed by atoms with E-state index in [-0.39, 0.29) is 0 Å². The number of benzene rings is 1. The highest BCUT2D eigenvalue weighted by atomic mass is 14.9. The van der Waals surface area contributed by atoms with Crippen molar-refractivity contribution in [3.63, 3.8) is 0 Å². The maximum absolute atomic E-state index is 3.39. The maximum Gasteiger partial charge on any atom is -0.00433 e. The quantitative estimate of drug-likeness (QED) is 0.775. The molecule has 0 radical (unpaired) electrons. The largest absolute Gasteiger partial charge is 0.317 e. The van der Waals surface area contributed by atoms with E-state index in [0.717, 1.165) is 5.92 Å². The van der Waals surface area contributed by atoms with Crippen LogP contribution in [-0.4, -0.2) is 13.1 Å². The summed E-state index contributed by atoms with van der Waals surface area (Å²) in [4.78, 5) is 0. The third-order valence-electron chi connectivity index (χ3n) is 2.99. The lowest BCUT2D eigenvalue weighted by atomic mass is 9.97. The van der Waals surface area contributed by atoms with Gasteiger partial charge in [-0.15, -0.1) is 0 Å². The molecule has 2 rings (SSSR count). The second kappa shape index (κ2) is 5.13. The van der Waals surface area contributed by atoms with Crippen LogP contribution in [0, 0.1) is 12.8 Å². The highest BCUT2D eigenvalue weighted by Crippen LogP contribution is 2.15. The summed E-state index contributed by atoms with van der Waals surface area (Å²) in [5, 5.41) is 3.39. The number of nitrogens with one attached hydrogen (secondary N) is 1. The Balaban J connectivity index is 1.97. The number of aryl methyl sites for hydroxylation is 1. The summed E-state index contributed by atoms with van der Waals surface area (Å²) in [5.74, 6) is 0.770. The molecule has 0 atom stereocenters. The molecule has 0 bridgehead atoms. The SMILES string of the molecule is Cc1cccc(/C=C/C2CCNCC2)c1. The number of piperidine rings is 1. The van der Waals surface area contributed by atoms with Crippen molar-refractivity contribution >= 4 is 6.08 Å². The fourth-order valence-corrected chi connectivity index (χ4v) is 2.06. The third kappa shape index (κ3) is 3.21. The summed E-state index contributed by atoms with van der Waals surface area (Å²) in [6.45, 7) is 4.48. The van der Waals surface area contributed by atoms with E-state index >= 15 is 0 Å². The topological polar surface area (TPSA) is 12.0 Å². The third-order valence-corrected chi connectivity index (χ3v) is 2.99. The molecule has 0 saturated carbocycles. The first-order valence-electron chi connectivity index (χ1n) is 5.80. The van der Waals surface area contributed by atoms with Crippen LogP contribution in [0.2, 0.25) is 0 Å². The predicted octanol–water partition coefficient (Wildman–Crippen LogP) is 3.01. The highest BCUT2D eigenvalue weighted by Gasteiger charge is 2.08. The second-order valence-corrected chi connectivity index (χ2v) is 4.36. The summed E-state index contributed by atoms with van der Waals surface area (Å²) < 4.78 is 0. The first-order chi connectivity index (χ1) is 7.34. The Labute approximate surface area is 92.2 Å². The number of rotatable bonds is 2. The first-order valence-corrected chi connectivity index (χ1v) is 5.80. The summed E-state index contributed by atoms with van der Waals surface area (Å²) in [6.07, 6.45) is 7.20. The van der Waals surface area contributed by atoms with Gasteiger partial charge in [0.15, 0.2) is 0 Å². The molecule has 0 aliphatic carbocycles. The fraction of sp³-hybridized carbons (Fsp3) is 0.429. The molecule has 0 spiro atoms. The van der Waals surface area contributed by atoms with Crippen LogP contribution in [0.25, 0.3) is 6.08 Å². The molecule has 1 heterocycles. The lowest BCUT2D eigenvalue weighted by molar-refractivity contribution is 0.438. The van der Waals surface area contributed by atoms with Crippen molar-refractivity contribution in [2.24, 2.45) is 5.92 Å². The molecule has 0 amide bonds. The van der Waals surface area contributed by atoms with Crippen LogP contribution in [0.3, 0.4) is 0 Å². The normalized spacial score (nSPS) is 18.5. The van der Waals surface area contributed by atoms with Crippen LogP contribution in [0.5, 0.6) is 0 Å². The molecule has 1 heteroatoms. The molecule has 1 nitrogen and oxygen atoms in total. The van der Waals surface area contributed by atoms with Crippen molar-refractivity contribution in [1.82, 2.24) is 5.32 Å². The van der Waals surface area contributed by atoms with E-state index in [0.29, 0.717) is 0 Å². The van der Waals surface area contributed by atoms with Crippen molar-refractivity contribution < 1.29 is 0 Å². The van der Waals surface area contributed by atoms with Gasteiger partial charge in [0.2, 0.25) is 0 Å². The van der Waals surface area contributed by atoms with Crippen molar-refractivity contribution in [3.05, 3.63) is 41.5 Å². The Hall–Kier alpha value is -1.08. The highest BCUT2D eigenvalue weighted by molar-refractivity contribution is 5.50. The number of allylic oxidation sites excluding steroid dienone is 1. The summed E-state index contributed by atoms with van der Waals surface area (Å²) in [7, 11) is 0. The summed E-state index contributed by atoms with van der Waals surface area (Å²) in [5.41, 5.74) is 2.66. The van der Waals surface area contributed by atoms with Crippen LogP contribution >= 0.6 is 0 Å². The monoisotopic (exact) mass is 201 g/mol. The minimum atomic E-state index is 0.770. The molecule has 80 valence electrons. The van der Waals surface area contributed by atoms with Gasteiger partial charge in [0, 0.05) is 0 Å². The Bertz CT molecular complexity index is 335. The van der Waals surface area contributed by atoms with E-state index in [1.54, 1.807) is 0 Å². The lowest BCUT2D eigenvalue weighted by Gasteiger charge is -2.19. The van der Waals surface area contributed by atoms with Gasteiger partial charge in [-0.3, -0.25) is 0 Å². The van der Waals surface area contributed by atoms with Gasteiger partial charge in [-0.1, -0.05) is 42.0 Å². The standard InChI is InChI=1S/C14H19N/c1-12-3-2-4-14(11-12)6-5-13-7-9-15-10-8-13/h2-6,11,13,15H,7-10H2,1H3/b6-5+. The second-order valence-electron chi connectivity index (χ2n) is 4.36. The average molecular weight is 201 g/mol. The van der Waals surface area contributed by atoms with Crippen LogP contribution < -0.4 is 5.32 Å². The van der Waals surface area contributed by atoms with Crippen molar-refractivity contribution in [2.45, 2.75) is 19.8 Å². The minimum absolute atomic E-state index is 0.770. The van der Waals surface area contributed by atoms with Gasteiger partial charge in [0.25, 0.3) is 0 Å². The lowest BCUT2D eigenvalue weighted by Crippen LogP contribution is -2.26. The summed E-state index contributed by atoms with van der Waals surface area (Å²) in [6, 6.07) is 8.67. The number of hydrogen-bond donors (Lipinski definition) is 1. The molecule has 1 saturated heterocycles. The van der Waals surface area contributed by atoms with E-state index in [2.05, 4.69) is 48.7 Å². The van der Waals surface area contributed by atoms with Crippen LogP contribution in [0.15, 0.2) is 30.3 Å². The number of hydrogen-bond acceptors (Lipinski definition) is 1. The Morgan fingerprint density at radius 2 is 2.07 bits per heavy atom. The maximum atomic E-state index is 3.39. The van der Waals surface area contributed by atoms with Crippen LogP contribution in [0.4, 0.5) is 0 Å². The van der Waals surface area contributed by atoms with E-state index in [1.807, 2.05) is 0 Å². The van der Waals surface area contributed by atoms with Gasteiger partial charge < -0.3 is 5.32 Å². The first kappa shape index (κ1) is 10.4. The fourth-order valence-electron chi connectivity index (χ4n) is 2.06. The van der Waals surface area contributed by atoms with Gasteiger partial charge in [-0.05, 0) is 44.3 Å². The molecule has 1 aromatic carbocycles. The predicted molar refractivity (Wildman–Crippen MR) is 65.8 cm³/mol. The van der Waals surface area contributed by atoms with E-state index in [9.17, 15) is 0 Å². The van der Waals surface area contributed by atoms with Crippen LogP contribution in [0.1, 0.15) is 24.0 Å². The molecule has 15 heavy (non-hydrogen) atoms. The van der Waals surface area contributed by atoms with E-state index in [1.165, 1.54) is 37.1 Å². The van der Waals surface area contributed by atoms with Crippen molar-refractivity contribution in [3.8, 4) is 0 Å². The molecule has 1 N–H and O–H groups in total. The molecular weight excluding hydrogens is 182 g/mol. The smallest absolute Gasteiger partial charge is 0.00433 e. The molecule has 0 aromatic heterocycles. The average Bonchev–Trinajstić information content (AvgIpc) is 2.28. The molecule has 1 fully saturated rings. The van der Waals surface area contributed by atoms with Gasteiger partial charge in [-0.2, -0.15) is 0 Å². The Kier molecular flexibility index (Phi) is 3.57. The van der Waals surface area contributed by atoms with Gasteiger partial charge in [-0.25, -0.2) is 0 Å².